The Bertz CT molecular complexity index is 710. The Morgan fingerprint density at radius 2 is 2.00 bits per heavy atom. The average Bonchev–Trinajstić information content (AvgIpc) is 2.93. The quantitative estimate of drug-likeness (QED) is 0.892. The zero-order valence-electron chi connectivity index (χ0n) is 12.6. The Morgan fingerprint density at radius 1 is 1.36 bits per heavy atom. The maximum absolute atomic E-state index is 12.9. The highest BCUT2D eigenvalue weighted by atomic mass is 79.9. The smallest absolute Gasteiger partial charge is 0.283 e. The molecule has 2 rings (SSSR count). The van der Waals surface area contributed by atoms with E-state index >= 15 is 0 Å². The molecule has 6 nitrogen and oxygen atoms in total. The van der Waals surface area contributed by atoms with E-state index in [-0.39, 0.29) is 16.1 Å². The van der Waals surface area contributed by atoms with Gasteiger partial charge in [-0.05, 0) is 36.7 Å². The lowest BCUT2D eigenvalue weighted by Crippen LogP contribution is -2.25. The predicted molar refractivity (Wildman–Crippen MR) is 80.9 cm³/mol. The first-order valence-corrected chi connectivity index (χ1v) is 7.35. The van der Waals surface area contributed by atoms with Crippen LogP contribution in [0.3, 0.4) is 0 Å². The van der Waals surface area contributed by atoms with Crippen LogP contribution in [0.1, 0.15) is 36.5 Å². The molecular formula is C13H16BrF2N5O. The monoisotopic (exact) mass is 375 g/mol. The maximum atomic E-state index is 12.9. The maximum Gasteiger partial charge on any atom is 0.283 e. The summed E-state index contributed by atoms with van der Waals surface area (Å²) < 4.78 is 28.9. The number of carbonyl (C=O) groups is 1. The van der Waals surface area contributed by atoms with Crippen molar-refractivity contribution in [2.45, 2.75) is 33.2 Å². The summed E-state index contributed by atoms with van der Waals surface area (Å²) in [6.45, 7) is 5.04. The van der Waals surface area contributed by atoms with E-state index in [0.717, 1.165) is 5.69 Å². The van der Waals surface area contributed by atoms with Gasteiger partial charge in [-0.2, -0.15) is 10.2 Å². The van der Waals surface area contributed by atoms with Crippen molar-refractivity contribution in [1.82, 2.24) is 19.6 Å². The van der Waals surface area contributed by atoms with Crippen molar-refractivity contribution >= 4 is 27.5 Å². The number of alkyl halides is 2. The van der Waals surface area contributed by atoms with E-state index in [1.807, 2.05) is 6.92 Å². The van der Waals surface area contributed by atoms with E-state index in [4.69, 9.17) is 0 Å². The highest BCUT2D eigenvalue weighted by molar-refractivity contribution is 9.10. The summed E-state index contributed by atoms with van der Waals surface area (Å²) in [6, 6.07) is -0.733. The van der Waals surface area contributed by atoms with E-state index < -0.39 is 12.5 Å². The molecule has 1 atom stereocenters. The lowest BCUT2D eigenvalue weighted by atomic mass is 10.3. The second kappa shape index (κ2) is 6.15. The van der Waals surface area contributed by atoms with E-state index in [9.17, 15) is 13.6 Å². The van der Waals surface area contributed by atoms with E-state index in [0.29, 0.717) is 11.4 Å². The van der Waals surface area contributed by atoms with E-state index in [2.05, 4.69) is 31.4 Å². The third-order valence-electron chi connectivity index (χ3n) is 3.55. The molecule has 0 bridgehead atoms. The summed E-state index contributed by atoms with van der Waals surface area (Å²) in [5.74, 6) is -0.352. The summed E-state index contributed by atoms with van der Waals surface area (Å²) in [6.07, 6.45) is -1.17. The number of halogens is 3. The molecule has 0 saturated heterocycles. The third kappa shape index (κ3) is 2.90. The minimum Gasteiger partial charge on any atom is -0.321 e. The molecule has 0 saturated carbocycles. The molecule has 2 heterocycles. The molecule has 1 N–H and O–H groups in total. The van der Waals surface area contributed by atoms with Crippen molar-refractivity contribution in [2.24, 2.45) is 7.05 Å². The number of nitrogens with zero attached hydrogens (tertiary/aromatic N) is 4. The van der Waals surface area contributed by atoms with Gasteiger partial charge in [0.25, 0.3) is 6.43 Å². The van der Waals surface area contributed by atoms with Crippen LogP contribution in [0.25, 0.3) is 0 Å². The van der Waals surface area contributed by atoms with Crippen LogP contribution in [0, 0.1) is 13.8 Å². The fraction of sp³-hybridized carbons (Fsp3) is 0.462. The number of aromatic nitrogens is 4. The highest BCUT2D eigenvalue weighted by Gasteiger charge is 2.25. The van der Waals surface area contributed by atoms with Gasteiger partial charge in [0.1, 0.15) is 11.7 Å². The number of nitrogens with one attached hydrogen (secondary N) is 1. The fourth-order valence-corrected chi connectivity index (χ4v) is 2.44. The van der Waals surface area contributed by atoms with Crippen molar-refractivity contribution in [1.29, 1.82) is 0 Å². The van der Waals surface area contributed by atoms with Crippen LogP contribution in [-0.2, 0) is 11.8 Å². The fourth-order valence-electron chi connectivity index (χ4n) is 2.01. The molecule has 0 unspecified atom stereocenters. The van der Waals surface area contributed by atoms with Gasteiger partial charge in [-0.25, -0.2) is 8.78 Å². The summed E-state index contributed by atoms with van der Waals surface area (Å²) in [5.41, 5.74) is 1.49. The molecular weight excluding hydrogens is 360 g/mol. The topological polar surface area (TPSA) is 64.7 Å². The number of amides is 1. The molecule has 0 radical (unpaired) electrons. The molecule has 0 aliphatic rings. The van der Waals surface area contributed by atoms with Crippen molar-refractivity contribution in [2.75, 3.05) is 5.32 Å². The third-order valence-corrected chi connectivity index (χ3v) is 4.53. The van der Waals surface area contributed by atoms with Crippen LogP contribution in [-0.4, -0.2) is 25.5 Å². The summed E-state index contributed by atoms with van der Waals surface area (Å²) in [7, 11) is 1.76. The molecule has 0 aliphatic heterocycles. The van der Waals surface area contributed by atoms with Gasteiger partial charge in [-0.15, -0.1) is 0 Å². The minimum absolute atomic E-state index is 0.222. The number of carbonyl (C=O) groups excluding carboxylic acids is 1. The summed E-state index contributed by atoms with van der Waals surface area (Å²) in [5, 5.41) is 10.6. The number of aryl methyl sites for hydroxylation is 1. The van der Waals surface area contributed by atoms with Gasteiger partial charge in [0.15, 0.2) is 0 Å². The summed E-state index contributed by atoms with van der Waals surface area (Å²) >= 11 is 3.09. The molecule has 2 aromatic rings. The summed E-state index contributed by atoms with van der Waals surface area (Å²) in [4.78, 5) is 12.3. The highest BCUT2D eigenvalue weighted by Crippen LogP contribution is 2.30. The molecule has 9 heteroatoms. The first-order chi connectivity index (χ1) is 10.2. The largest absolute Gasteiger partial charge is 0.321 e. The van der Waals surface area contributed by atoms with Crippen LogP contribution < -0.4 is 5.32 Å². The SMILES string of the molecule is Cc1c(NC(=O)[C@H](C)n2nc(C(F)F)c(Br)c2C)cnn1C. The number of hydrogen-bond acceptors (Lipinski definition) is 3. The number of anilines is 1. The van der Waals surface area contributed by atoms with Gasteiger partial charge in [0.2, 0.25) is 5.91 Å². The zero-order chi connectivity index (χ0) is 16.6. The normalized spacial score (nSPS) is 12.7. The van der Waals surface area contributed by atoms with Crippen molar-refractivity contribution in [3.05, 3.63) is 27.8 Å². The molecule has 0 spiro atoms. The first-order valence-electron chi connectivity index (χ1n) is 6.56. The molecule has 0 aliphatic carbocycles. The van der Waals surface area contributed by atoms with Crippen LogP contribution in [0.15, 0.2) is 10.7 Å². The minimum atomic E-state index is -2.70. The predicted octanol–water partition coefficient (Wildman–Crippen LogP) is 3.13. The standard InChI is InChI=1S/C13H16BrF2N5O/c1-6-9(5-17-20(6)4)18-13(22)8(3)21-7(2)10(14)11(19-21)12(15)16/h5,8,12H,1-4H3,(H,18,22)/t8-/m0/s1. The lowest BCUT2D eigenvalue weighted by molar-refractivity contribution is -0.119. The Morgan fingerprint density at radius 3 is 2.45 bits per heavy atom. The Hall–Kier alpha value is -1.77. The average molecular weight is 376 g/mol. The first kappa shape index (κ1) is 16.6. The Kier molecular flexibility index (Phi) is 4.64. The van der Waals surface area contributed by atoms with Gasteiger partial charge < -0.3 is 5.32 Å². The van der Waals surface area contributed by atoms with Gasteiger partial charge in [0.05, 0.1) is 27.7 Å². The number of hydrogen-bond donors (Lipinski definition) is 1. The van der Waals surface area contributed by atoms with Gasteiger partial charge in [-0.1, -0.05) is 0 Å². The molecule has 1 amide bonds. The van der Waals surface area contributed by atoms with Crippen molar-refractivity contribution in [3.8, 4) is 0 Å². The van der Waals surface area contributed by atoms with Crippen LogP contribution >= 0.6 is 15.9 Å². The van der Waals surface area contributed by atoms with Gasteiger partial charge in [-0.3, -0.25) is 14.2 Å². The number of rotatable bonds is 4. The van der Waals surface area contributed by atoms with Crippen molar-refractivity contribution in [3.63, 3.8) is 0 Å². The molecule has 22 heavy (non-hydrogen) atoms. The molecule has 0 aromatic carbocycles. The second-order valence-electron chi connectivity index (χ2n) is 4.96. The molecule has 0 fully saturated rings. The van der Waals surface area contributed by atoms with Crippen LogP contribution in [0.2, 0.25) is 0 Å². The van der Waals surface area contributed by atoms with E-state index in [1.165, 1.54) is 10.9 Å². The Labute approximate surface area is 134 Å². The molecule has 2 aromatic heterocycles. The zero-order valence-corrected chi connectivity index (χ0v) is 14.1. The lowest BCUT2D eigenvalue weighted by Gasteiger charge is -2.14. The van der Waals surface area contributed by atoms with Crippen LogP contribution in [0.5, 0.6) is 0 Å². The second-order valence-corrected chi connectivity index (χ2v) is 5.76. The van der Waals surface area contributed by atoms with Gasteiger partial charge >= 0.3 is 0 Å². The molecule has 120 valence electrons. The van der Waals surface area contributed by atoms with Crippen molar-refractivity contribution < 1.29 is 13.6 Å². The Balaban J connectivity index is 2.24. The van der Waals surface area contributed by atoms with Gasteiger partial charge in [0, 0.05) is 7.05 Å². The van der Waals surface area contributed by atoms with E-state index in [1.54, 1.807) is 25.6 Å². The van der Waals surface area contributed by atoms with Crippen LogP contribution in [0.4, 0.5) is 14.5 Å².